The number of carbonyl (C=O) groups excluding carboxylic acids is 1. The smallest absolute Gasteiger partial charge is 0.231 e. The van der Waals surface area contributed by atoms with Crippen LogP contribution in [0.3, 0.4) is 0 Å². The Labute approximate surface area is 136 Å². The third-order valence-electron chi connectivity index (χ3n) is 5.23. The lowest BCUT2D eigenvalue weighted by Crippen LogP contribution is -2.50. The van der Waals surface area contributed by atoms with E-state index in [9.17, 15) is 4.79 Å². The van der Waals surface area contributed by atoms with Crippen LogP contribution in [0.4, 0.5) is 0 Å². The second-order valence-corrected chi connectivity index (χ2v) is 6.50. The molecule has 0 saturated heterocycles. The summed E-state index contributed by atoms with van der Waals surface area (Å²) in [6.07, 6.45) is 3.82. The van der Waals surface area contributed by atoms with Gasteiger partial charge < -0.3 is 10.1 Å². The Morgan fingerprint density at radius 2 is 1.78 bits per heavy atom. The molecule has 23 heavy (non-hydrogen) atoms. The molecule has 0 radical (unpaired) electrons. The van der Waals surface area contributed by atoms with Crippen LogP contribution in [-0.4, -0.2) is 12.5 Å². The normalized spacial score (nSPS) is 21.5. The van der Waals surface area contributed by atoms with Crippen molar-refractivity contribution in [3.05, 3.63) is 65.7 Å². The van der Waals surface area contributed by atoms with Crippen LogP contribution >= 0.6 is 0 Å². The van der Waals surface area contributed by atoms with Crippen molar-refractivity contribution in [3.8, 4) is 5.75 Å². The Kier molecular flexibility index (Phi) is 3.56. The summed E-state index contributed by atoms with van der Waals surface area (Å²) in [6, 6.07) is 18.3. The fourth-order valence-corrected chi connectivity index (χ4v) is 3.72. The SMILES string of the molecule is O=C(NC1CCOc2ccccc21)C1(c2ccccc2)CCC1. The first-order valence-electron chi connectivity index (χ1n) is 8.38. The Hall–Kier alpha value is -2.29. The minimum Gasteiger partial charge on any atom is -0.493 e. The molecule has 1 amide bonds. The maximum Gasteiger partial charge on any atom is 0.231 e. The van der Waals surface area contributed by atoms with Gasteiger partial charge in [0.05, 0.1) is 18.1 Å². The van der Waals surface area contributed by atoms with Crippen molar-refractivity contribution in [1.29, 1.82) is 0 Å². The highest BCUT2D eigenvalue weighted by Crippen LogP contribution is 2.44. The van der Waals surface area contributed by atoms with Gasteiger partial charge in [0, 0.05) is 12.0 Å². The second-order valence-electron chi connectivity index (χ2n) is 6.50. The molecule has 1 aliphatic carbocycles. The quantitative estimate of drug-likeness (QED) is 0.938. The molecule has 1 fully saturated rings. The number of hydrogen-bond acceptors (Lipinski definition) is 2. The van der Waals surface area contributed by atoms with Gasteiger partial charge in [0.25, 0.3) is 0 Å². The molecular formula is C20H21NO2. The molecule has 1 saturated carbocycles. The van der Waals surface area contributed by atoms with Gasteiger partial charge in [-0.25, -0.2) is 0 Å². The van der Waals surface area contributed by atoms with Crippen LogP contribution in [0.25, 0.3) is 0 Å². The zero-order valence-electron chi connectivity index (χ0n) is 13.1. The van der Waals surface area contributed by atoms with Crippen LogP contribution in [0.5, 0.6) is 5.75 Å². The van der Waals surface area contributed by atoms with E-state index in [0.717, 1.165) is 42.6 Å². The van der Waals surface area contributed by atoms with E-state index in [1.54, 1.807) is 0 Å². The van der Waals surface area contributed by atoms with E-state index in [1.807, 2.05) is 36.4 Å². The number of benzene rings is 2. The summed E-state index contributed by atoms with van der Waals surface area (Å²) in [4.78, 5) is 13.1. The van der Waals surface area contributed by atoms with Gasteiger partial charge in [-0.05, 0) is 24.5 Å². The summed E-state index contributed by atoms with van der Waals surface area (Å²) in [5.41, 5.74) is 1.90. The third-order valence-corrected chi connectivity index (χ3v) is 5.23. The standard InChI is InChI=1S/C20H21NO2/c22-19(20(12-6-13-20)15-7-2-1-3-8-15)21-17-11-14-23-18-10-5-4-9-16(17)18/h1-5,7-10,17H,6,11-14H2,(H,21,22). The first-order valence-corrected chi connectivity index (χ1v) is 8.38. The van der Waals surface area contributed by atoms with E-state index < -0.39 is 0 Å². The monoisotopic (exact) mass is 307 g/mol. The molecule has 1 aliphatic heterocycles. The molecule has 0 bridgehead atoms. The van der Waals surface area contributed by atoms with Gasteiger partial charge >= 0.3 is 0 Å². The summed E-state index contributed by atoms with van der Waals surface area (Å²) >= 11 is 0. The first kappa shape index (κ1) is 14.3. The zero-order chi connectivity index (χ0) is 15.7. The van der Waals surface area contributed by atoms with Crippen molar-refractivity contribution in [2.45, 2.75) is 37.1 Å². The summed E-state index contributed by atoms with van der Waals surface area (Å²) in [5, 5.41) is 3.30. The van der Waals surface area contributed by atoms with Gasteiger partial charge in [-0.2, -0.15) is 0 Å². The summed E-state index contributed by atoms with van der Waals surface area (Å²) in [6.45, 7) is 0.653. The van der Waals surface area contributed by atoms with Crippen LogP contribution in [0.1, 0.15) is 42.9 Å². The Balaban J connectivity index is 1.59. The van der Waals surface area contributed by atoms with Crippen molar-refractivity contribution in [2.24, 2.45) is 0 Å². The van der Waals surface area contributed by atoms with Crippen LogP contribution < -0.4 is 10.1 Å². The second kappa shape index (κ2) is 5.73. The highest BCUT2D eigenvalue weighted by molar-refractivity contribution is 5.89. The van der Waals surface area contributed by atoms with E-state index in [1.165, 1.54) is 0 Å². The van der Waals surface area contributed by atoms with Crippen molar-refractivity contribution < 1.29 is 9.53 Å². The average Bonchev–Trinajstić information content (AvgIpc) is 2.55. The van der Waals surface area contributed by atoms with E-state index in [4.69, 9.17) is 4.74 Å². The highest BCUT2D eigenvalue weighted by Gasteiger charge is 2.46. The number of hydrogen-bond donors (Lipinski definition) is 1. The molecule has 0 aromatic heterocycles. The zero-order valence-corrected chi connectivity index (χ0v) is 13.1. The van der Waals surface area contributed by atoms with E-state index in [2.05, 4.69) is 23.5 Å². The van der Waals surface area contributed by atoms with E-state index >= 15 is 0 Å². The number of carbonyl (C=O) groups is 1. The molecule has 2 aromatic carbocycles. The topological polar surface area (TPSA) is 38.3 Å². The van der Waals surface area contributed by atoms with Crippen LogP contribution in [0.15, 0.2) is 54.6 Å². The first-order chi connectivity index (χ1) is 11.3. The maximum atomic E-state index is 13.1. The number of ether oxygens (including phenoxy) is 1. The molecule has 3 nitrogen and oxygen atoms in total. The molecule has 1 atom stereocenters. The summed E-state index contributed by atoms with van der Waals surface area (Å²) in [7, 11) is 0. The van der Waals surface area contributed by atoms with Gasteiger partial charge in [0.2, 0.25) is 5.91 Å². The molecular weight excluding hydrogens is 286 g/mol. The molecule has 2 aromatic rings. The van der Waals surface area contributed by atoms with Gasteiger partial charge in [-0.1, -0.05) is 55.0 Å². The molecule has 1 heterocycles. The van der Waals surface area contributed by atoms with Gasteiger partial charge in [-0.15, -0.1) is 0 Å². The lowest BCUT2D eigenvalue weighted by molar-refractivity contribution is -0.131. The predicted octanol–water partition coefficient (Wildman–Crippen LogP) is 3.75. The fraction of sp³-hybridized carbons (Fsp3) is 0.350. The molecule has 2 aliphatic rings. The van der Waals surface area contributed by atoms with Crippen molar-refractivity contribution in [1.82, 2.24) is 5.32 Å². The minimum atomic E-state index is -0.339. The molecule has 118 valence electrons. The third kappa shape index (κ3) is 2.40. The number of rotatable bonds is 3. The fourth-order valence-electron chi connectivity index (χ4n) is 3.72. The molecule has 3 heteroatoms. The highest BCUT2D eigenvalue weighted by atomic mass is 16.5. The predicted molar refractivity (Wildman–Crippen MR) is 89.4 cm³/mol. The molecule has 1 N–H and O–H groups in total. The average molecular weight is 307 g/mol. The summed E-state index contributed by atoms with van der Waals surface area (Å²) in [5.74, 6) is 1.06. The maximum absolute atomic E-state index is 13.1. The van der Waals surface area contributed by atoms with Crippen molar-refractivity contribution >= 4 is 5.91 Å². The largest absolute Gasteiger partial charge is 0.493 e. The van der Waals surface area contributed by atoms with Crippen molar-refractivity contribution in [3.63, 3.8) is 0 Å². The number of amides is 1. The Morgan fingerprint density at radius 1 is 1.04 bits per heavy atom. The van der Waals surface area contributed by atoms with Crippen molar-refractivity contribution in [2.75, 3.05) is 6.61 Å². The van der Waals surface area contributed by atoms with Gasteiger partial charge in [-0.3, -0.25) is 4.79 Å². The lowest BCUT2D eigenvalue weighted by Gasteiger charge is -2.42. The molecule has 0 spiro atoms. The van der Waals surface area contributed by atoms with Crippen LogP contribution in [0, 0.1) is 0 Å². The Bertz CT molecular complexity index is 707. The Morgan fingerprint density at radius 3 is 2.52 bits per heavy atom. The molecule has 1 unspecified atom stereocenters. The van der Waals surface area contributed by atoms with E-state index in [0.29, 0.717) is 6.61 Å². The van der Waals surface area contributed by atoms with Gasteiger partial charge in [0.15, 0.2) is 0 Å². The van der Waals surface area contributed by atoms with Crippen LogP contribution in [0.2, 0.25) is 0 Å². The minimum absolute atomic E-state index is 0.0497. The summed E-state index contributed by atoms with van der Waals surface area (Å²) < 4.78 is 5.69. The van der Waals surface area contributed by atoms with Crippen LogP contribution in [-0.2, 0) is 10.2 Å². The van der Waals surface area contributed by atoms with E-state index in [-0.39, 0.29) is 17.4 Å². The lowest BCUT2D eigenvalue weighted by atomic mass is 9.63. The molecule has 4 rings (SSSR count). The number of fused-ring (bicyclic) bond motifs is 1. The number of nitrogens with one attached hydrogen (secondary N) is 1. The number of para-hydroxylation sites is 1. The van der Waals surface area contributed by atoms with Gasteiger partial charge in [0.1, 0.15) is 5.75 Å².